The van der Waals surface area contributed by atoms with Crippen molar-refractivity contribution in [3.8, 4) is 11.5 Å². The van der Waals surface area contributed by atoms with Crippen LogP contribution in [0.5, 0.6) is 11.5 Å². The molecule has 7 nitrogen and oxygen atoms in total. The number of imide groups is 1. The fourth-order valence-electron chi connectivity index (χ4n) is 8.03. The first-order valence-corrected chi connectivity index (χ1v) is 17.3. The summed E-state index contributed by atoms with van der Waals surface area (Å²) in [6.45, 7) is 0.229. The van der Waals surface area contributed by atoms with Gasteiger partial charge in [0.15, 0.2) is 11.5 Å². The lowest BCUT2D eigenvalue weighted by molar-refractivity contribution is -0.123. The molecule has 4 aliphatic rings. The summed E-state index contributed by atoms with van der Waals surface area (Å²) < 4.78 is 11.9. The molecule has 1 N–H and O–H groups in total. The molecule has 0 spiro atoms. The number of thiazole rings is 1. The fraction of sp³-hybridized carbons (Fsp3) is 0.303. The third-order valence-corrected chi connectivity index (χ3v) is 13.2. The number of hydrogen-bond acceptors (Lipinski definition) is 7. The molecule has 2 amide bonds. The average Bonchev–Trinajstić information content (AvgIpc) is 3.76. The van der Waals surface area contributed by atoms with Crippen LogP contribution in [0.1, 0.15) is 28.3 Å². The second-order valence-corrected chi connectivity index (χ2v) is 15.4. The SMILES string of the molecule is COc1cc(C2c3sc(=O)[nH]c3SC3C4CC(C5C(=O)N(c6ccc(Cl)cc6)C(=O)C45)C23)ccc1OCc1ccc(Cl)cc1Cl. The number of carbonyl (C=O) groups is 2. The number of rotatable bonds is 6. The summed E-state index contributed by atoms with van der Waals surface area (Å²) in [6, 6.07) is 18.0. The van der Waals surface area contributed by atoms with Crippen LogP contribution < -0.4 is 19.2 Å². The van der Waals surface area contributed by atoms with Gasteiger partial charge in [-0.2, -0.15) is 0 Å². The van der Waals surface area contributed by atoms with Crippen molar-refractivity contribution >= 4 is 75.4 Å². The molecule has 8 rings (SSSR count). The number of aromatic nitrogens is 1. The maximum atomic E-state index is 14.0. The van der Waals surface area contributed by atoms with Gasteiger partial charge >= 0.3 is 4.87 Å². The topological polar surface area (TPSA) is 88.7 Å². The first-order chi connectivity index (χ1) is 21.7. The predicted molar refractivity (Wildman–Crippen MR) is 176 cm³/mol. The van der Waals surface area contributed by atoms with E-state index in [2.05, 4.69) is 4.98 Å². The first-order valence-electron chi connectivity index (χ1n) is 14.5. The summed E-state index contributed by atoms with van der Waals surface area (Å²) in [7, 11) is 1.59. The monoisotopic (exact) mass is 698 g/mol. The molecule has 7 unspecified atom stereocenters. The summed E-state index contributed by atoms with van der Waals surface area (Å²) in [5.41, 5.74) is 2.33. The van der Waals surface area contributed by atoms with E-state index in [9.17, 15) is 14.4 Å². The van der Waals surface area contributed by atoms with E-state index >= 15 is 0 Å². The number of ether oxygens (including phenoxy) is 2. The molecule has 2 saturated carbocycles. The Kier molecular flexibility index (Phi) is 7.26. The highest BCUT2D eigenvalue weighted by Gasteiger charge is 2.69. The second kappa shape index (κ2) is 11.1. The third kappa shape index (κ3) is 4.65. The van der Waals surface area contributed by atoms with Crippen LogP contribution in [0.3, 0.4) is 0 Å². The Labute approximate surface area is 281 Å². The molecule has 0 radical (unpaired) electrons. The van der Waals surface area contributed by atoms with Crippen molar-refractivity contribution in [2.24, 2.45) is 29.6 Å². The number of aromatic amines is 1. The molecule has 4 aromatic rings. The van der Waals surface area contributed by atoms with E-state index in [4.69, 9.17) is 44.3 Å². The lowest BCUT2D eigenvalue weighted by atomic mass is 9.68. The largest absolute Gasteiger partial charge is 0.493 e. The Balaban J connectivity index is 1.14. The van der Waals surface area contributed by atoms with Gasteiger partial charge in [-0.25, -0.2) is 0 Å². The highest BCUT2D eigenvalue weighted by molar-refractivity contribution is 8.00. The van der Waals surface area contributed by atoms with Gasteiger partial charge in [-0.05, 0) is 78.3 Å². The van der Waals surface area contributed by atoms with E-state index in [1.807, 2.05) is 24.3 Å². The van der Waals surface area contributed by atoms with Crippen molar-refractivity contribution in [2.45, 2.75) is 29.2 Å². The first kappa shape index (κ1) is 29.5. The average molecular weight is 700 g/mol. The van der Waals surface area contributed by atoms with Gasteiger partial charge in [0.1, 0.15) is 6.61 Å². The van der Waals surface area contributed by atoms with Crippen molar-refractivity contribution in [1.82, 2.24) is 4.98 Å². The van der Waals surface area contributed by atoms with Crippen molar-refractivity contribution in [2.75, 3.05) is 12.0 Å². The minimum absolute atomic E-state index is 0.00410. The number of thioether (sulfide) groups is 1. The van der Waals surface area contributed by atoms with E-state index in [0.29, 0.717) is 32.3 Å². The number of benzene rings is 3. The summed E-state index contributed by atoms with van der Waals surface area (Å²) in [6.07, 6.45) is 0.805. The van der Waals surface area contributed by atoms with Gasteiger partial charge in [-0.1, -0.05) is 58.3 Å². The molecule has 3 aromatic carbocycles. The number of anilines is 1. The van der Waals surface area contributed by atoms with Crippen molar-refractivity contribution in [1.29, 1.82) is 0 Å². The van der Waals surface area contributed by atoms with Gasteiger partial charge in [-0.3, -0.25) is 19.3 Å². The summed E-state index contributed by atoms with van der Waals surface area (Å²) in [4.78, 5) is 45.7. The van der Waals surface area contributed by atoms with Crippen molar-refractivity contribution < 1.29 is 19.1 Å². The fourth-order valence-corrected chi connectivity index (χ4v) is 11.5. The quantitative estimate of drug-likeness (QED) is 0.208. The molecule has 3 heterocycles. The van der Waals surface area contributed by atoms with Crippen LogP contribution in [0.25, 0.3) is 0 Å². The van der Waals surface area contributed by atoms with E-state index in [1.165, 1.54) is 16.2 Å². The maximum Gasteiger partial charge on any atom is 0.305 e. The Hall–Kier alpha value is -2.95. The van der Waals surface area contributed by atoms with Gasteiger partial charge in [0.25, 0.3) is 0 Å². The molecule has 1 aromatic heterocycles. The van der Waals surface area contributed by atoms with Crippen LogP contribution in [-0.4, -0.2) is 29.2 Å². The van der Waals surface area contributed by atoms with E-state index in [1.54, 1.807) is 55.3 Å². The highest BCUT2D eigenvalue weighted by atomic mass is 35.5. The minimum atomic E-state index is -0.395. The van der Waals surface area contributed by atoms with Gasteiger partial charge in [0.2, 0.25) is 11.8 Å². The molecule has 2 aliphatic heterocycles. The second-order valence-electron chi connectivity index (χ2n) is 11.9. The smallest absolute Gasteiger partial charge is 0.305 e. The van der Waals surface area contributed by atoms with Crippen LogP contribution in [0.15, 0.2) is 70.5 Å². The van der Waals surface area contributed by atoms with E-state index in [0.717, 1.165) is 27.5 Å². The Morgan fingerprint density at radius 3 is 2.36 bits per heavy atom. The van der Waals surface area contributed by atoms with E-state index in [-0.39, 0.29) is 58.1 Å². The molecule has 12 heteroatoms. The van der Waals surface area contributed by atoms with Crippen molar-refractivity contribution in [3.05, 3.63) is 101 Å². The molecular formula is C33H25Cl3N2O5S2. The molecule has 45 heavy (non-hydrogen) atoms. The zero-order valence-corrected chi connectivity index (χ0v) is 27.6. The zero-order valence-electron chi connectivity index (χ0n) is 23.7. The number of nitrogens with one attached hydrogen (secondary N) is 1. The zero-order chi connectivity index (χ0) is 31.1. The number of H-pyrrole nitrogens is 1. The molecule has 3 fully saturated rings. The number of hydrogen-bond donors (Lipinski definition) is 1. The molecular weight excluding hydrogens is 675 g/mol. The molecule has 230 valence electrons. The summed E-state index contributed by atoms with van der Waals surface area (Å²) in [5, 5.41) is 2.54. The Morgan fingerprint density at radius 1 is 0.889 bits per heavy atom. The standard InChI is InChI=1S/C33H25Cl3N2O5S2/c1-42-23-10-14(3-9-22(23)43-13-15-2-4-17(35)11-21(15)36)24-25-19-12-20(28(25)44-30-29(24)45-33(41)37-30)27-26(19)31(39)38(32(27)40)18-7-5-16(34)6-8-18/h2-11,19-20,24-28H,12-13H2,1H3,(H,37,41). The number of amides is 2. The van der Waals surface area contributed by atoms with E-state index < -0.39 is 5.92 Å². The van der Waals surface area contributed by atoms with Crippen LogP contribution in [0, 0.1) is 29.6 Å². The minimum Gasteiger partial charge on any atom is -0.493 e. The summed E-state index contributed by atoms with van der Waals surface area (Å²) in [5.74, 6) is 0.00315. The van der Waals surface area contributed by atoms with Gasteiger partial charge < -0.3 is 14.5 Å². The van der Waals surface area contributed by atoms with Gasteiger partial charge in [-0.15, -0.1) is 11.8 Å². The number of methoxy groups -OCH3 is 1. The normalized spacial score (nSPS) is 27.8. The van der Waals surface area contributed by atoms with Crippen LogP contribution in [0.2, 0.25) is 15.1 Å². The third-order valence-electron chi connectivity index (χ3n) is 9.75. The molecule has 2 aliphatic carbocycles. The summed E-state index contributed by atoms with van der Waals surface area (Å²) >= 11 is 21.4. The number of carbonyl (C=O) groups excluding carboxylic acids is 2. The highest BCUT2D eigenvalue weighted by Crippen LogP contribution is 2.68. The lowest BCUT2D eigenvalue weighted by Gasteiger charge is -2.43. The van der Waals surface area contributed by atoms with Gasteiger partial charge in [0.05, 0.1) is 29.7 Å². The number of fused-ring (bicyclic) bond motifs is 9. The molecule has 1 saturated heterocycles. The van der Waals surface area contributed by atoms with Crippen LogP contribution >= 0.6 is 57.9 Å². The van der Waals surface area contributed by atoms with Gasteiger partial charge in [0, 0.05) is 36.7 Å². The molecule has 7 atom stereocenters. The van der Waals surface area contributed by atoms with Crippen LogP contribution in [0.4, 0.5) is 5.69 Å². The lowest BCUT2D eigenvalue weighted by Crippen LogP contribution is -2.42. The van der Waals surface area contributed by atoms with Crippen LogP contribution in [-0.2, 0) is 16.2 Å². The number of nitrogens with zero attached hydrogens (tertiary/aromatic N) is 1. The van der Waals surface area contributed by atoms with Crippen molar-refractivity contribution in [3.63, 3.8) is 0 Å². The molecule has 2 bridgehead atoms. The maximum absolute atomic E-state index is 14.0. The Bertz CT molecular complexity index is 1930. The predicted octanol–water partition coefficient (Wildman–Crippen LogP) is 7.66. The Morgan fingerprint density at radius 2 is 1.62 bits per heavy atom. The number of halogens is 3.